The fourth-order valence-corrected chi connectivity index (χ4v) is 2.50. The van der Waals surface area contributed by atoms with E-state index in [9.17, 15) is 9.90 Å². The van der Waals surface area contributed by atoms with Crippen LogP contribution >= 0.6 is 0 Å². The second-order valence-electron chi connectivity index (χ2n) is 6.34. The van der Waals surface area contributed by atoms with E-state index >= 15 is 0 Å². The minimum absolute atomic E-state index is 0.0772. The number of hydrogen-bond donors (Lipinski definition) is 4. The normalized spacial score (nSPS) is 24.0. The van der Waals surface area contributed by atoms with Crippen LogP contribution in [0, 0.1) is 6.92 Å². The van der Waals surface area contributed by atoms with E-state index in [1.807, 2.05) is 13.8 Å². The average Bonchev–Trinajstić information content (AvgIpc) is 2.84. The number of aliphatic hydroxyl groups is 1. The van der Waals surface area contributed by atoms with E-state index in [0.717, 1.165) is 0 Å². The van der Waals surface area contributed by atoms with Crippen molar-refractivity contribution < 1.29 is 14.6 Å². The monoisotopic (exact) mass is 321 g/mol. The Hall–Kier alpha value is -1.63. The second kappa shape index (κ2) is 8.29. The van der Waals surface area contributed by atoms with E-state index in [-0.39, 0.29) is 24.2 Å². The zero-order chi connectivity index (χ0) is 16.8. The molecule has 2 rings (SSSR count). The Labute approximate surface area is 137 Å². The fourth-order valence-electron chi connectivity index (χ4n) is 2.50. The summed E-state index contributed by atoms with van der Waals surface area (Å²) in [6, 6.07) is 7.98. The van der Waals surface area contributed by atoms with Gasteiger partial charge in [0.15, 0.2) is 0 Å². The van der Waals surface area contributed by atoms with E-state index in [1.54, 1.807) is 0 Å². The Morgan fingerprint density at radius 2 is 2.04 bits per heavy atom. The van der Waals surface area contributed by atoms with Crippen molar-refractivity contribution in [1.82, 2.24) is 16.0 Å². The summed E-state index contributed by atoms with van der Waals surface area (Å²) in [6.07, 6.45) is -1.02. The zero-order valence-corrected chi connectivity index (χ0v) is 14.0. The molecule has 0 aromatic heterocycles. The zero-order valence-electron chi connectivity index (χ0n) is 14.0. The highest BCUT2D eigenvalue weighted by Gasteiger charge is 2.35. The molecule has 23 heavy (non-hydrogen) atoms. The number of amides is 2. The van der Waals surface area contributed by atoms with Crippen LogP contribution in [0.15, 0.2) is 24.3 Å². The topological polar surface area (TPSA) is 82.6 Å². The van der Waals surface area contributed by atoms with Crippen LogP contribution in [0.2, 0.25) is 0 Å². The summed E-state index contributed by atoms with van der Waals surface area (Å²) in [7, 11) is 0. The van der Waals surface area contributed by atoms with E-state index in [4.69, 9.17) is 4.74 Å². The average molecular weight is 321 g/mol. The minimum Gasteiger partial charge on any atom is -0.389 e. The quantitative estimate of drug-likeness (QED) is 0.628. The molecule has 1 aliphatic rings. The SMILES string of the molecule is Cc1ccc(CN[C@@H]2CO[C@H](CNC(=O)NC(C)C)[C@H]2O)cc1. The maximum Gasteiger partial charge on any atom is 0.315 e. The molecule has 4 N–H and O–H groups in total. The van der Waals surface area contributed by atoms with E-state index in [1.165, 1.54) is 11.1 Å². The molecule has 0 spiro atoms. The van der Waals surface area contributed by atoms with Gasteiger partial charge in [0.1, 0.15) is 6.10 Å². The molecule has 0 radical (unpaired) electrons. The molecule has 1 fully saturated rings. The van der Waals surface area contributed by atoms with Gasteiger partial charge in [-0.15, -0.1) is 0 Å². The maximum absolute atomic E-state index is 11.6. The molecule has 1 saturated heterocycles. The van der Waals surface area contributed by atoms with Crippen molar-refractivity contribution in [2.75, 3.05) is 13.2 Å². The molecular weight excluding hydrogens is 294 g/mol. The number of ether oxygens (including phenoxy) is 1. The van der Waals surface area contributed by atoms with Crippen LogP contribution in [0.25, 0.3) is 0 Å². The lowest BCUT2D eigenvalue weighted by atomic mass is 10.1. The van der Waals surface area contributed by atoms with Gasteiger partial charge in [0.25, 0.3) is 0 Å². The van der Waals surface area contributed by atoms with E-state index in [0.29, 0.717) is 19.7 Å². The van der Waals surface area contributed by atoms with Gasteiger partial charge >= 0.3 is 6.03 Å². The first-order valence-electron chi connectivity index (χ1n) is 8.08. The molecule has 0 aliphatic carbocycles. The fraction of sp³-hybridized carbons (Fsp3) is 0.588. The lowest BCUT2D eigenvalue weighted by Crippen LogP contribution is -2.47. The van der Waals surface area contributed by atoms with Crippen molar-refractivity contribution >= 4 is 6.03 Å². The number of carbonyl (C=O) groups is 1. The maximum atomic E-state index is 11.6. The Morgan fingerprint density at radius 1 is 1.35 bits per heavy atom. The van der Waals surface area contributed by atoms with Crippen LogP contribution in [0.5, 0.6) is 0 Å². The summed E-state index contributed by atoms with van der Waals surface area (Å²) in [5, 5.41) is 19.1. The molecule has 0 saturated carbocycles. The lowest BCUT2D eigenvalue weighted by Gasteiger charge is -2.19. The van der Waals surface area contributed by atoms with Gasteiger partial charge in [-0.05, 0) is 26.3 Å². The summed E-state index contributed by atoms with van der Waals surface area (Å²) in [5.41, 5.74) is 2.39. The van der Waals surface area contributed by atoms with E-state index in [2.05, 4.69) is 47.1 Å². The van der Waals surface area contributed by atoms with Gasteiger partial charge in [0.05, 0.1) is 18.8 Å². The van der Waals surface area contributed by atoms with Crippen molar-refractivity contribution in [3.63, 3.8) is 0 Å². The summed E-state index contributed by atoms with van der Waals surface area (Å²) in [5.74, 6) is 0. The predicted octanol–water partition coefficient (Wildman–Crippen LogP) is 0.921. The number of rotatable bonds is 6. The first kappa shape index (κ1) is 17.7. The van der Waals surface area contributed by atoms with Gasteiger partial charge in [-0.2, -0.15) is 0 Å². The van der Waals surface area contributed by atoms with Crippen molar-refractivity contribution in [2.24, 2.45) is 0 Å². The highest BCUT2D eigenvalue weighted by atomic mass is 16.5. The molecule has 1 aromatic rings. The lowest BCUT2D eigenvalue weighted by molar-refractivity contribution is 0.0425. The minimum atomic E-state index is -0.639. The highest BCUT2D eigenvalue weighted by molar-refractivity contribution is 5.74. The number of aliphatic hydroxyl groups excluding tert-OH is 1. The first-order chi connectivity index (χ1) is 11.0. The standard InChI is InChI=1S/C17H27N3O3/c1-11(2)20-17(22)19-9-15-16(21)14(10-23-15)18-8-13-6-4-12(3)5-7-13/h4-7,11,14-16,18,21H,8-10H2,1-3H3,(H2,19,20,22)/t14-,15-,16+/m1/s1. The van der Waals surface area contributed by atoms with Crippen LogP contribution in [0.4, 0.5) is 4.79 Å². The number of carbonyl (C=O) groups excluding carboxylic acids is 1. The third-order valence-electron chi connectivity index (χ3n) is 3.86. The number of aryl methyl sites for hydroxylation is 1. The molecule has 3 atom stereocenters. The van der Waals surface area contributed by atoms with Gasteiger partial charge in [-0.1, -0.05) is 29.8 Å². The summed E-state index contributed by atoms with van der Waals surface area (Å²) in [4.78, 5) is 11.6. The Kier molecular flexibility index (Phi) is 6.38. The molecule has 0 unspecified atom stereocenters. The van der Waals surface area contributed by atoms with Crippen LogP contribution in [-0.2, 0) is 11.3 Å². The van der Waals surface area contributed by atoms with E-state index < -0.39 is 6.10 Å². The highest BCUT2D eigenvalue weighted by Crippen LogP contribution is 2.14. The third kappa shape index (κ3) is 5.49. The molecular formula is C17H27N3O3. The second-order valence-corrected chi connectivity index (χ2v) is 6.34. The smallest absolute Gasteiger partial charge is 0.315 e. The molecule has 2 amide bonds. The summed E-state index contributed by atoms with van der Waals surface area (Å²) < 4.78 is 5.59. The number of urea groups is 1. The molecule has 6 nitrogen and oxygen atoms in total. The van der Waals surface area contributed by atoms with Gasteiger partial charge < -0.3 is 25.8 Å². The van der Waals surface area contributed by atoms with Crippen molar-refractivity contribution in [3.05, 3.63) is 35.4 Å². The number of nitrogens with one attached hydrogen (secondary N) is 3. The molecule has 128 valence electrons. The van der Waals surface area contributed by atoms with Gasteiger partial charge in [-0.3, -0.25) is 0 Å². The molecule has 1 aliphatic heterocycles. The number of hydrogen-bond acceptors (Lipinski definition) is 4. The largest absolute Gasteiger partial charge is 0.389 e. The van der Waals surface area contributed by atoms with Crippen molar-refractivity contribution in [3.8, 4) is 0 Å². The molecule has 1 heterocycles. The van der Waals surface area contributed by atoms with Gasteiger partial charge in [0.2, 0.25) is 0 Å². The first-order valence-corrected chi connectivity index (χ1v) is 8.08. The molecule has 0 bridgehead atoms. The number of benzene rings is 1. The summed E-state index contributed by atoms with van der Waals surface area (Å²) >= 11 is 0. The predicted molar refractivity (Wildman–Crippen MR) is 89.2 cm³/mol. The third-order valence-corrected chi connectivity index (χ3v) is 3.86. The molecule has 6 heteroatoms. The molecule has 1 aromatic carbocycles. The van der Waals surface area contributed by atoms with Crippen LogP contribution in [0.1, 0.15) is 25.0 Å². The Morgan fingerprint density at radius 3 is 2.70 bits per heavy atom. The van der Waals surface area contributed by atoms with Crippen molar-refractivity contribution in [1.29, 1.82) is 0 Å². The van der Waals surface area contributed by atoms with Gasteiger partial charge in [0, 0.05) is 19.1 Å². The van der Waals surface area contributed by atoms with Gasteiger partial charge in [-0.25, -0.2) is 4.79 Å². The Balaban J connectivity index is 1.74. The van der Waals surface area contributed by atoms with Crippen LogP contribution in [-0.4, -0.2) is 48.6 Å². The Bertz CT molecular complexity index is 504. The summed E-state index contributed by atoms with van der Waals surface area (Å²) in [6.45, 7) is 7.25. The van der Waals surface area contributed by atoms with Crippen LogP contribution < -0.4 is 16.0 Å². The van der Waals surface area contributed by atoms with Crippen molar-refractivity contribution in [2.45, 2.75) is 51.6 Å². The van der Waals surface area contributed by atoms with Crippen LogP contribution in [0.3, 0.4) is 0 Å².